The summed E-state index contributed by atoms with van der Waals surface area (Å²) in [5.41, 5.74) is 5.74. The number of hydrogen-bond acceptors (Lipinski definition) is 7. The van der Waals surface area contributed by atoms with E-state index in [9.17, 15) is 29.1 Å². The molecule has 7 N–H and O–H groups in total. The van der Waals surface area contributed by atoms with Crippen LogP contribution in [0.5, 0.6) is 0 Å². The van der Waals surface area contributed by atoms with E-state index in [1.807, 2.05) is 6.92 Å². The summed E-state index contributed by atoms with van der Waals surface area (Å²) in [6, 6.07) is 3.58. The third kappa shape index (κ3) is 16.1. The predicted octanol–water partition coefficient (Wildman–Crippen LogP) is 1.35. The summed E-state index contributed by atoms with van der Waals surface area (Å²) in [6.45, 7) is 11.0. The van der Waals surface area contributed by atoms with Crippen LogP contribution < -0.4 is 27.0 Å². The van der Waals surface area contributed by atoms with Crippen LogP contribution in [0.3, 0.4) is 0 Å². The molecule has 6 amide bonds. The molecule has 14 heteroatoms. The van der Waals surface area contributed by atoms with Crippen molar-refractivity contribution in [1.29, 1.82) is 0 Å². The number of carbonyl (C=O) groups is 4. The van der Waals surface area contributed by atoms with Gasteiger partial charge >= 0.3 is 12.1 Å². The number of nitrogens with zero attached hydrogens (tertiary/aromatic N) is 1. The van der Waals surface area contributed by atoms with Crippen molar-refractivity contribution < 1.29 is 33.8 Å². The number of nitrogens with one attached hydrogen (secondary N) is 4. The molecule has 0 saturated carbocycles. The van der Waals surface area contributed by atoms with Gasteiger partial charge in [-0.25, -0.2) is 9.59 Å². The molecule has 0 heterocycles. The van der Waals surface area contributed by atoms with Crippen LogP contribution in [-0.4, -0.2) is 72.1 Å². The Balaban J connectivity index is 0. The minimum Gasteiger partial charge on any atom is -0.520 e. The fourth-order valence-corrected chi connectivity index (χ4v) is 2.99. The maximum Gasteiger partial charge on any atom is 0.408 e. The van der Waals surface area contributed by atoms with E-state index in [4.69, 9.17) is 10.5 Å². The number of hydrogen-bond donors (Lipinski definition) is 6. The van der Waals surface area contributed by atoms with Gasteiger partial charge in [0.1, 0.15) is 11.6 Å². The van der Waals surface area contributed by atoms with Crippen LogP contribution in [0.25, 0.3) is 0 Å². The van der Waals surface area contributed by atoms with Crippen molar-refractivity contribution in [3.63, 3.8) is 0 Å². The maximum atomic E-state index is 12.5. The van der Waals surface area contributed by atoms with E-state index in [1.165, 1.54) is 4.90 Å². The molecule has 1 rings (SSSR count). The average Bonchev–Trinajstić information content (AvgIpc) is 2.83. The number of rotatable bonds is 12. The van der Waals surface area contributed by atoms with Gasteiger partial charge < -0.3 is 46.5 Å². The van der Waals surface area contributed by atoms with Crippen molar-refractivity contribution in [1.82, 2.24) is 20.9 Å². The van der Waals surface area contributed by atoms with Gasteiger partial charge in [-0.15, -0.1) is 0 Å². The molecule has 0 saturated heterocycles. The van der Waals surface area contributed by atoms with E-state index in [0.29, 0.717) is 23.4 Å². The fraction of sp³-hybridized carbons (Fsp3) is 0.577. The Morgan fingerprint density at radius 3 is 2.20 bits per heavy atom. The largest absolute Gasteiger partial charge is 0.520 e. The summed E-state index contributed by atoms with van der Waals surface area (Å²) in [7, 11) is 1.55. The first kappa shape index (κ1) is 37.3. The predicted molar refractivity (Wildman–Crippen MR) is 147 cm³/mol. The van der Waals surface area contributed by atoms with Crippen molar-refractivity contribution in [3.8, 4) is 0 Å². The number of aliphatic hydroxyl groups is 1. The van der Waals surface area contributed by atoms with Crippen LogP contribution in [0.2, 0.25) is 0 Å². The maximum absolute atomic E-state index is 12.5. The van der Waals surface area contributed by atoms with Crippen molar-refractivity contribution in [2.24, 2.45) is 11.7 Å². The Hall–Kier alpha value is -4.87. The number of anilines is 1. The minimum atomic E-state index is -0.872. The van der Waals surface area contributed by atoms with E-state index < -0.39 is 35.6 Å². The third-order valence-electron chi connectivity index (χ3n) is 4.82. The van der Waals surface area contributed by atoms with Crippen LogP contribution in [-0.2, 0) is 32.3 Å². The molecule has 13 nitrogen and oxygen atoms in total. The normalized spacial score (nSPS) is 11.0. The molecule has 0 bridgehead atoms. The average molecular weight is 809 g/mol. The van der Waals surface area contributed by atoms with E-state index >= 15 is 0 Å². The molecule has 0 aliphatic carbocycles. The van der Waals surface area contributed by atoms with Crippen LogP contribution in [0.4, 0.5) is 15.3 Å². The summed E-state index contributed by atoms with van der Waals surface area (Å²) >= 11 is 0. The van der Waals surface area contributed by atoms with Gasteiger partial charge in [-0.05, 0) is 63.4 Å². The fourth-order valence-electron chi connectivity index (χ4n) is 2.99. The van der Waals surface area contributed by atoms with Gasteiger partial charge in [-0.3, -0.25) is 9.59 Å². The first-order chi connectivity index (χ1) is 18.1. The molecule has 0 aliphatic rings. The van der Waals surface area contributed by atoms with E-state index in [0.717, 1.165) is 6.42 Å². The van der Waals surface area contributed by atoms with Gasteiger partial charge in [0.05, 0.1) is 13.2 Å². The number of benzene rings is 1. The number of aliphatic hydroxyl groups excluding tert-OH is 1. The zero-order valence-electron chi connectivity index (χ0n) is 24.1. The second kappa shape index (κ2) is 18.4. The monoisotopic (exact) mass is 808 g/mol. The zero-order chi connectivity index (χ0) is 30.2. The standard InChI is InChI=1S/C22H33N4O6.C4H10N2O.Fm/c1-14(2)19(25-21(31)32-22(3,4)5)20(30)23-10-18(29)24-17-8-7-15(12-27)16(9-17)11-26(6)13-28;1-2-3-6-4(5)7;/h7-9,14,19,27H,10-12H2,1-6H3,(H,23,30)(H,24,29)(H,25,31);2-3H2,1H3,(H3,5,6,7);/q-1;;. The Morgan fingerprint density at radius 1 is 1.12 bits per heavy atom. The van der Waals surface area contributed by atoms with Gasteiger partial charge in [0.2, 0.25) is 11.8 Å². The molecule has 1 unspecified atom stereocenters. The summed E-state index contributed by atoms with van der Waals surface area (Å²) in [6.07, 6.45) is 1.95. The molecule has 0 fully saturated rings. The number of alkyl carbamates (subject to hydrolysis) is 1. The Labute approximate surface area is 230 Å². The Bertz CT molecular complexity index is 969. The number of carbonyl (C=O) groups excluding carboxylic acids is 5. The van der Waals surface area contributed by atoms with Crippen molar-refractivity contribution in [3.05, 3.63) is 29.3 Å². The Kier molecular flexibility index (Phi) is 17.1. The van der Waals surface area contributed by atoms with Crippen molar-refractivity contribution in [2.75, 3.05) is 25.5 Å². The molecular weight excluding hydrogens is 765 g/mol. The van der Waals surface area contributed by atoms with Crippen LogP contribution in [0.15, 0.2) is 18.2 Å². The number of amides is 6. The topological polar surface area (TPSA) is 192 Å². The molecule has 0 aromatic heterocycles. The van der Waals surface area contributed by atoms with E-state index in [2.05, 4.69) is 21.3 Å². The third-order valence-corrected chi connectivity index (χ3v) is 4.82. The number of urea groups is 1. The SMILES string of the molecule is CC(C)C(NC(=O)OC(C)(C)C)C(=O)NCC(=O)Nc1ccc(CO)c(CN(C)[C-]=O)c1.CCCNC(N)=O.[Fm]. The van der Waals surface area contributed by atoms with Gasteiger partial charge in [0, 0.05) is 18.8 Å². The molecule has 0 radical (unpaired) electrons. The first-order valence-electron chi connectivity index (χ1n) is 12.5. The summed E-state index contributed by atoms with van der Waals surface area (Å²) < 4.78 is 5.18. The second-order valence-electron chi connectivity index (χ2n) is 10.0. The number of nitrogens with two attached hydrogens (primary N) is 1. The smallest absolute Gasteiger partial charge is 0.408 e. The second-order valence-corrected chi connectivity index (χ2v) is 10.0. The summed E-state index contributed by atoms with van der Waals surface area (Å²) in [5, 5.41) is 19.6. The molecule has 1 atom stereocenters. The molecule has 1 aromatic rings. The van der Waals surface area contributed by atoms with Gasteiger partial charge in [0.15, 0.2) is 0 Å². The zero-order valence-corrected chi connectivity index (χ0v) is 26.5. The van der Waals surface area contributed by atoms with Crippen molar-refractivity contribution in [2.45, 2.75) is 72.8 Å². The molecule has 232 valence electrons. The van der Waals surface area contributed by atoms with Crippen molar-refractivity contribution >= 4 is 36.0 Å². The van der Waals surface area contributed by atoms with Gasteiger partial charge in [-0.1, -0.05) is 26.8 Å². The van der Waals surface area contributed by atoms with E-state index in [-0.39, 0.29) is 25.6 Å². The van der Waals surface area contributed by atoms with E-state index in [1.54, 1.807) is 66.3 Å². The molecule has 1 aromatic carbocycles. The van der Waals surface area contributed by atoms with Crippen LogP contribution in [0.1, 0.15) is 59.1 Å². The number of primary amides is 1. The molecule has 0 spiro atoms. The van der Waals surface area contributed by atoms with Gasteiger partial charge in [-0.2, -0.15) is 6.41 Å². The van der Waals surface area contributed by atoms with Crippen LogP contribution in [0, 0.1) is 5.92 Å². The van der Waals surface area contributed by atoms with Crippen LogP contribution >= 0.6 is 0 Å². The Morgan fingerprint density at radius 2 is 1.75 bits per heavy atom. The summed E-state index contributed by atoms with van der Waals surface area (Å²) in [5.74, 6) is -1.22. The number of ether oxygens (including phenoxy) is 1. The minimum absolute atomic E-state index is 0. The first-order valence-corrected chi connectivity index (χ1v) is 12.5. The van der Waals surface area contributed by atoms with Gasteiger partial charge in [0.25, 0.3) is 0 Å². The summed E-state index contributed by atoms with van der Waals surface area (Å²) in [4.78, 5) is 58.7. The molecular formula is C26H43FmN6O7-. The quantitative estimate of drug-likeness (QED) is 0.136. The molecule has 0 aliphatic heterocycles. The molecule has 40 heavy (non-hydrogen) atoms.